The van der Waals surface area contributed by atoms with Gasteiger partial charge in [-0.25, -0.2) is 0 Å². The van der Waals surface area contributed by atoms with Crippen molar-refractivity contribution in [2.45, 2.75) is 12.7 Å². The highest BCUT2D eigenvalue weighted by atomic mass is 79.9. The quantitative estimate of drug-likeness (QED) is 0.872. The highest BCUT2D eigenvalue weighted by molar-refractivity contribution is 9.10. The number of rotatable bonds is 5. The van der Waals surface area contributed by atoms with Gasteiger partial charge in [-0.05, 0) is 23.8 Å². The standard InChI is InChI=1S/C11H14BrF3N2O/c12-9-1-2-10(8(5-9)6-16)17(3-4-18)7-11(13,14)15/h1-2,5,18H,3-4,6-7,16H2. The Balaban J connectivity index is 3.04. The number of benzene rings is 1. The summed E-state index contributed by atoms with van der Waals surface area (Å²) in [5, 5.41) is 8.86. The van der Waals surface area contributed by atoms with Crippen LogP contribution in [0.2, 0.25) is 0 Å². The molecule has 0 saturated carbocycles. The smallest absolute Gasteiger partial charge is 0.395 e. The lowest BCUT2D eigenvalue weighted by atomic mass is 10.1. The zero-order chi connectivity index (χ0) is 13.8. The Hall–Kier alpha value is -0.790. The second-order valence-electron chi connectivity index (χ2n) is 3.74. The molecule has 0 unspecified atom stereocenters. The number of alkyl halides is 3. The Morgan fingerprint density at radius 2 is 2.00 bits per heavy atom. The monoisotopic (exact) mass is 326 g/mol. The van der Waals surface area contributed by atoms with Crippen molar-refractivity contribution < 1.29 is 18.3 Å². The first kappa shape index (κ1) is 15.3. The SMILES string of the molecule is NCc1cc(Br)ccc1N(CCO)CC(F)(F)F. The van der Waals surface area contributed by atoms with Gasteiger partial charge in [0, 0.05) is 23.2 Å². The van der Waals surface area contributed by atoms with Crippen LogP contribution in [0.4, 0.5) is 18.9 Å². The van der Waals surface area contributed by atoms with Gasteiger partial charge in [-0.3, -0.25) is 0 Å². The van der Waals surface area contributed by atoms with Gasteiger partial charge in [-0.2, -0.15) is 13.2 Å². The Labute approximate surface area is 112 Å². The molecule has 0 saturated heterocycles. The molecule has 0 amide bonds. The molecule has 7 heteroatoms. The number of hydrogen-bond donors (Lipinski definition) is 2. The van der Waals surface area contributed by atoms with E-state index in [1.54, 1.807) is 18.2 Å². The lowest BCUT2D eigenvalue weighted by Gasteiger charge is -2.27. The van der Waals surface area contributed by atoms with Gasteiger partial charge < -0.3 is 15.7 Å². The Bertz CT molecular complexity index is 398. The second-order valence-corrected chi connectivity index (χ2v) is 4.65. The number of aliphatic hydroxyl groups is 1. The minimum atomic E-state index is -4.33. The minimum absolute atomic E-state index is 0.0891. The maximum Gasteiger partial charge on any atom is 0.405 e. The molecule has 0 aliphatic rings. The van der Waals surface area contributed by atoms with E-state index in [0.29, 0.717) is 11.3 Å². The third-order valence-corrected chi connectivity index (χ3v) is 2.84. The van der Waals surface area contributed by atoms with Crippen LogP contribution in [-0.4, -0.2) is 31.0 Å². The summed E-state index contributed by atoms with van der Waals surface area (Å²) >= 11 is 3.24. The summed E-state index contributed by atoms with van der Waals surface area (Å²) in [5.74, 6) is 0. The normalized spacial score (nSPS) is 11.7. The van der Waals surface area contributed by atoms with Crippen LogP contribution < -0.4 is 10.6 Å². The van der Waals surface area contributed by atoms with E-state index < -0.39 is 12.7 Å². The van der Waals surface area contributed by atoms with Gasteiger partial charge >= 0.3 is 6.18 Å². The third-order valence-electron chi connectivity index (χ3n) is 2.34. The number of halogens is 4. The van der Waals surface area contributed by atoms with Gasteiger partial charge in [-0.1, -0.05) is 15.9 Å². The van der Waals surface area contributed by atoms with Gasteiger partial charge in [-0.15, -0.1) is 0 Å². The summed E-state index contributed by atoms with van der Waals surface area (Å²) in [4.78, 5) is 1.08. The zero-order valence-electron chi connectivity index (χ0n) is 9.54. The number of nitrogens with zero attached hydrogens (tertiary/aromatic N) is 1. The van der Waals surface area contributed by atoms with Gasteiger partial charge in [0.05, 0.1) is 6.61 Å². The van der Waals surface area contributed by atoms with Crippen LogP contribution in [0, 0.1) is 0 Å². The maximum absolute atomic E-state index is 12.5. The van der Waals surface area contributed by atoms with Crippen molar-refractivity contribution >= 4 is 21.6 Å². The van der Waals surface area contributed by atoms with Crippen LogP contribution in [-0.2, 0) is 6.54 Å². The molecule has 0 spiro atoms. The van der Waals surface area contributed by atoms with E-state index in [1.165, 1.54) is 0 Å². The fraction of sp³-hybridized carbons (Fsp3) is 0.455. The van der Waals surface area contributed by atoms with Crippen molar-refractivity contribution in [1.29, 1.82) is 0 Å². The second kappa shape index (κ2) is 6.40. The van der Waals surface area contributed by atoms with E-state index in [-0.39, 0.29) is 19.7 Å². The first-order valence-corrected chi connectivity index (χ1v) is 6.07. The average molecular weight is 327 g/mol. The molecule has 0 fully saturated rings. The summed E-state index contributed by atoms with van der Waals surface area (Å²) < 4.78 is 38.1. The molecule has 3 nitrogen and oxygen atoms in total. The van der Waals surface area contributed by atoms with Crippen LogP contribution in [0.1, 0.15) is 5.56 Å². The van der Waals surface area contributed by atoms with Crippen LogP contribution in [0.15, 0.2) is 22.7 Å². The summed E-state index contributed by atoms with van der Waals surface area (Å²) in [7, 11) is 0. The maximum atomic E-state index is 12.5. The van der Waals surface area contributed by atoms with E-state index in [9.17, 15) is 13.2 Å². The Morgan fingerprint density at radius 3 is 2.50 bits per heavy atom. The van der Waals surface area contributed by atoms with Crippen molar-refractivity contribution in [2.75, 3.05) is 24.6 Å². The van der Waals surface area contributed by atoms with Crippen molar-refractivity contribution in [1.82, 2.24) is 0 Å². The van der Waals surface area contributed by atoms with Crippen molar-refractivity contribution in [2.24, 2.45) is 5.73 Å². The van der Waals surface area contributed by atoms with Gasteiger partial charge in [0.25, 0.3) is 0 Å². The molecule has 3 N–H and O–H groups in total. The number of hydrogen-bond acceptors (Lipinski definition) is 3. The highest BCUT2D eigenvalue weighted by Gasteiger charge is 2.31. The van der Waals surface area contributed by atoms with E-state index in [2.05, 4.69) is 15.9 Å². The fourth-order valence-corrected chi connectivity index (χ4v) is 2.06. The molecule has 0 radical (unpaired) electrons. The van der Waals surface area contributed by atoms with Crippen LogP contribution in [0.5, 0.6) is 0 Å². The predicted octanol–water partition coefficient (Wildman–Crippen LogP) is 2.27. The zero-order valence-corrected chi connectivity index (χ0v) is 11.1. The van der Waals surface area contributed by atoms with Crippen LogP contribution in [0.3, 0.4) is 0 Å². The van der Waals surface area contributed by atoms with Gasteiger partial charge in [0.2, 0.25) is 0 Å². The Morgan fingerprint density at radius 1 is 1.33 bits per heavy atom. The summed E-state index contributed by atoms with van der Waals surface area (Å²) in [6.45, 7) is -1.42. The minimum Gasteiger partial charge on any atom is -0.395 e. The third kappa shape index (κ3) is 4.47. The summed E-state index contributed by atoms with van der Waals surface area (Å²) in [5.41, 5.74) is 6.52. The van der Waals surface area contributed by atoms with Crippen molar-refractivity contribution in [3.8, 4) is 0 Å². The molecule has 1 rings (SSSR count). The summed E-state index contributed by atoms with van der Waals surface area (Å²) in [6, 6.07) is 4.89. The molecule has 0 atom stereocenters. The molecule has 1 aromatic rings. The fourth-order valence-electron chi connectivity index (χ4n) is 1.65. The number of nitrogens with two attached hydrogens (primary N) is 1. The Kier molecular flexibility index (Phi) is 5.43. The largest absolute Gasteiger partial charge is 0.405 e. The first-order valence-electron chi connectivity index (χ1n) is 5.28. The molecular weight excluding hydrogens is 313 g/mol. The van der Waals surface area contributed by atoms with E-state index in [1.807, 2.05) is 0 Å². The van der Waals surface area contributed by atoms with Crippen LogP contribution >= 0.6 is 15.9 Å². The van der Waals surface area contributed by atoms with E-state index in [0.717, 1.165) is 9.37 Å². The molecular formula is C11H14BrF3N2O. The lowest BCUT2D eigenvalue weighted by molar-refractivity contribution is -0.119. The lowest BCUT2D eigenvalue weighted by Crippen LogP contribution is -2.37. The molecule has 0 heterocycles. The molecule has 18 heavy (non-hydrogen) atoms. The first-order chi connectivity index (χ1) is 8.37. The van der Waals surface area contributed by atoms with E-state index in [4.69, 9.17) is 10.8 Å². The molecule has 0 aromatic heterocycles. The van der Waals surface area contributed by atoms with Gasteiger partial charge in [0.15, 0.2) is 0 Å². The molecule has 1 aromatic carbocycles. The van der Waals surface area contributed by atoms with Crippen molar-refractivity contribution in [3.05, 3.63) is 28.2 Å². The molecule has 0 bridgehead atoms. The van der Waals surface area contributed by atoms with Gasteiger partial charge in [0.1, 0.15) is 6.54 Å². The average Bonchev–Trinajstić information content (AvgIpc) is 2.26. The van der Waals surface area contributed by atoms with Crippen molar-refractivity contribution in [3.63, 3.8) is 0 Å². The number of aliphatic hydroxyl groups excluding tert-OH is 1. The molecule has 102 valence electrons. The molecule has 0 aliphatic carbocycles. The summed E-state index contributed by atoms with van der Waals surface area (Å²) in [6.07, 6.45) is -4.33. The predicted molar refractivity (Wildman–Crippen MR) is 67.4 cm³/mol. The van der Waals surface area contributed by atoms with Crippen LogP contribution in [0.25, 0.3) is 0 Å². The topological polar surface area (TPSA) is 49.5 Å². The highest BCUT2D eigenvalue weighted by Crippen LogP contribution is 2.27. The number of anilines is 1. The molecule has 0 aliphatic heterocycles. The van der Waals surface area contributed by atoms with E-state index >= 15 is 0 Å².